The summed E-state index contributed by atoms with van der Waals surface area (Å²) < 4.78 is 19.8. The number of hydrogen-bond donors (Lipinski definition) is 2. The number of amides is 2. The Labute approximate surface area is 240 Å². The van der Waals surface area contributed by atoms with Gasteiger partial charge in [0.2, 0.25) is 5.91 Å². The van der Waals surface area contributed by atoms with Gasteiger partial charge in [-0.1, -0.05) is 71.4 Å². The maximum absolute atomic E-state index is 13.8. The minimum absolute atomic E-state index is 0. The zero-order chi connectivity index (χ0) is 27.9. The molecule has 1 unspecified atom stereocenters. The molecule has 1 aliphatic heterocycles. The Kier molecular flexibility index (Phi) is 15.3. The van der Waals surface area contributed by atoms with Crippen molar-refractivity contribution >= 4 is 11.8 Å². The second-order valence-electron chi connectivity index (χ2n) is 10.6. The largest absolute Gasteiger partial charge is 0.508 e. The van der Waals surface area contributed by atoms with Gasteiger partial charge in [-0.25, -0.2) is 4.39 Å². The third kappa shape index (κ3) is 11.3. The highest BCUT2D eigenvalue weighted by Crippen LogP contribution is 2.28. The van der Waals surface area contributed by atoms with Crippen molar-refractivity contribution in [2.75, 3.05) is 19.8 Å². The number of carbonyl (C=O) groups is 2. The highest BCUT2D eigenvalue weighted by Gasteiger charge is 2.31. The van der Waals surface area contributed by atoms with Gasteiger partial charge in [0.05, 0.1) is 12.6 Å². The van der Waals surface area contributed by atoms with Gasteiger partial charge in [-0.3, -0.25) is 9.59 Å². The molecule has 0 aliphatic carbocycles. The Morgan fingerprint density at radius 1 is 0.975 bits per heavy atom. The molecular weight excluding hydrogens is 507 g/mol. The van der Waals surface area contributed by atoms with E-state index in [2.05, 4.69) is 12.2 Å². The molecule has 2 aromatic rings. The summed E-state index contributed by atoms with van der Waals surface area (Å²) in [4.78, 5) is 26.7. The quantitative estimate of drug-likeness (QED) is 0.202. The summed E-state index contributed by atoms with van der Waals surface area (Å²) in [6.07, 6.45) is 12.3. The highest BCUT2D eigenvalue weighted by atomic mass is 19.1. The molecule has 0 fully saturated rings. The lowest BCUT2D eigenvalue weighted by Crippen LogP contribution is -2.46. The summed E-state index contributed by atoms with van der Waals surface area (Å²) in [5.41, 5.74) is 2.34. The summed E-state index contributed by atoms with van der Waals surface area (Å²) in [7, 11) is 0. The Bertz CT molecular complexity index is 1040. The van der Waals surface area contributed by atoms with Gasteiger partial charge < -0.3 is 20.1 Å². The van der Waals surface area contributed by atoms with Crippen molar-refractivity contribution in [3.05, 3.63) is 65.0 Å². The average molecular weight is 557 g/mol. The van der Waals surface area contributed by atoms with E-state index in [1.165, 1.54) is 37.8 Å². The number of nitrogens with zero attached hydrogens (tertiary/aromatic N) is 1. The topological polar surface area (TPSA) is 78.9 Å². The predicted molar refractivity (Wildman–Crippen MR) is 159 cm³/mol. The number of phenolic OH excluding ortho intramolecular Hbond substituents is 1. The summed E-state index contributed by atoms with van der Waals surface area (Å²) in [5, 5.41) is 12.9. The fourth-order valence-corrected chi connectivity index (χ4v) is 5.07. The first kappa shape index (κ1) is 33.3. The number of phenols is 1. The van der Waals surface area contributed by atoms with Crippen molar-refractivity contribution in [3.8, 4) is 5.75 Å². The maximum Gasteiger partial charge on any atom is 0.254 e. The van der Waals surface area contributed by atoms with Crippen LogP contribution in [0.5, 0.6) is 5.75 Å². The number of nitrogens with one attached hydrogen (secondary N) is 1. The number of ether oxygens (including phenoxy) is 1. The molecule has 2 N–H and O–H groups in total. The number of benzene rings is 2. The lowest BCUT2D eigenvalue weighted by molar-refractivity contribution is -0.121. The molecule has 40 heavy (non-hydrogen) atoms. The van der Waals surface area contributed by atoms with E-state index in [9.17, 15) is 19.1 Å². The number of aromatic hydroxyl groups is 1. The predicted octanol–water partition coefficient (Wildman–Crippen LogP) is 7.18. The van der Waals surface area contributed by atoms with E-state index in [0.717, 1.165) is 56.2 Å². The first-order valence-corrected chi connectivity index (χ1v) is 14.7. The van der Waals surface area contributed by atoms with E-state index in [-0.39, 0.29) is 31.0 Å². The molecule has 0 spiro atoms. The number of fused-ring (bicyclic) bond motifs is 1. The standard InChI is InChI=1S/C32H45FN2O4.CH4/c1-2-3-18-34-31(37)15-10-8-6-4-5-7-9-11-19-39-24-29-21-27-22-30(36)17-16-26(27)23-35(29)32(38)25-13-12-14-28(33)20-25;/h12-14,16-17,20,22,29,36H,2-11,15,18-19,21,23-24H2,1H3,(H,34,37);1H4. The van der Waals surface area contributed by atoms with Crippen molar-refractivity contribution < 1.29 is 23.8 Å². The molecule has 0 saturated carbocycles. The first-order valence-electron chi connectivity index (χ1n) is 14.7. The van der Waals surface area contributed by atoms with E-state index < -0.39 is 5.82 Å². The number of hydrogen-bond acceptors (Lipinski definition) is 4. The monoisotopic (exact) mass is 556 g/mol. The van der Waals surface area contributed by atoms with Gasteiger partial charge in [0.15, 0.2) is 0 Å². The number of halogens is 1. The average Bonchev–Trinajstić information content (AvgIpc) is 2.93. The summed E-state index contributed by atoms with van der Waals surface area (Å²) in [5.74, 6) is -0.244. The molecule has 0 bridgehead atoms. The Morgan fingerprint density at radius 3 is 2.42 bits per heavy atom. The van der Waals surface area contributed by atoms with E-state index in [1.54, 1.807) is 29.2 Å². The molecule has 222 valence electrons. The van der Waals surface area contributed by atoms with Crippen molar-refractivity contribution in [1.82, 2.24) is 10.2 Å². The van der Waals surface area contributed by atoms with Crippen LogP contribution in [0.1, 0.15) is 106 Å². The van der Waals surface area contributed by atoms with Crippen LogP contribution in [-0.4, -0.2) is 47.6 Å². The van der Waals surface area contributed by atoms with Crippen LogP contribution in [0.15, 0.2) is 42.5 Å². The fraction of sp³-hybridized carbons (Fsp3) is 0.576. The van der Waals surface area contributed by atoms with E-state index in [1.807, 2.05) is 6.07 Å². The number of carbonyl (C=O) groups excluding carboxylic acids is 2. The Morgan fingerprint density at radius 2 is 1.70 bits per heavy atom. The Balaban J connectivity index is 0.00000560. The van der Waals surface area contributed by atoms with Gasteiger partial charge in [0.1, 0.15) is 11.6 Å². The minimum atomic E-state index is -0.429. The smallest absolute Gasteiger partial charge is 0.254 e. The molecule has 1 aliphatic rings. The van der Waals surface area contributed by atoms with Crippen LogP contribution >= 0.6 is 0 Å². The molecule has 2 amide bonds. The maximum atomic E-state index is 13.8. The minimum Gasteiger partial charge on any atom is -0.508 e. The SMILES string of the molecule is C.CCCCNC(=O)CCCCCCCCCCOCC1Cc2cc(O)ccc2CN1C(=O)c1cccc(F)c1. The van der Waals surface area contributed by atoms with E-state index >= 15 is 0 Å². The zero-order valence-corrected chi connectivity index (χ0v) is 23.4. The van der Waals surface area contributed by atoms with Crippen LogP contribution in [0.25, 0.3) is 0 Å². The van der Waals surface area contributed by atoms with E-state index in [4.69, 9.17) is 4.74 Å². The molecule has 1 heterocycles. The van der Waals surface area contributed by atoms with Crippen molar-refractivity contribution in [2.45, 2.75) is 104 Å². The molecule has 0 aromatic heterocycles. The fourth-order valence-electron chi connectivity index (χ4n) is 5.07. The molecule has 2 aromatic carbocycles. The van der Waals surface area contributed by atoms with Crippen molar-refractivity contribution in [3.63, 3.8) is 0 Å². The molecule has 0 radical (unpaired) electrons. The summed E-state index contributed by atoms with van der Waals surface area (Å²) >= 11 is 0. The Hall–Kier alpha value is -2.93. The summed E-state index contributed by atoms with van der Waals surface area (Å²) in [6.45, 7) is 4.37. The third-order valence-corrected chi connectivity index (χ3v) is 7.36. The van der Waals surface area contributed by atoms with E-state index in [0.29, 0.717) is 38.2 Å². The van der Waals surface area contributed by atoms with Crippen LogP contribution < -0.4 is 5.32 Å². The van der Waals surface area contributed by atoms with Gasteiger partial charge in [-0.15, -0.1) is 0 Å². The molecular formula is C33H49FN2O4. The molecule has 0 saturated heterocycles. The summed E-state index contributed by atoms with van der Waals surface area (Å²) in [6, 6.07) is 10.9. The normalized spacial score (nSPS) is 14.3. The van der Waals surface area contributed by atoms with Crippen molar-refractivity contribution in [1.29, 1.82) is 0 Å². The van der Waals surface area contributed by atoms with Gasteiger partial charge >= 0.3 is 0 Å². The lowest BCUT2D eigenvalue weighted by Gasteiger charge is -2.37. The second-order valence-corrected chi connectivity index (χ2v) is 10.6. The van der Waals surface area contributed by atoms with Gasteiger partial charge in [-0.2, -0.15) is 0 Å². The van der Waals surface area contributed by atoms with Gasteiger partial charge in [-0.05, 0) is 67.1 Å². The third-order valence-electron chi connectivity index (χ3n) is 7.36. The van der Waals surface area contributed by atoms with Gasteiger partial charge in [0.25, 0.3) is 5.91 Å². The van der Waals surface area contributed by atoms with Crippen molar-refractivity contribution in [2.24, 2.45) is 0 Å². The number of rotatable bonds is 17. The molecule has 3 rings (SSSR count). The van der Waals surface area contributed by atoms with Crippen LogP contribution in [-0.2, 0) is 22.5 Å². The number of unbranched alkanes of at least 4 members (excludes halogenated alkanes) is 8. The first-order chi connectivity index (χ1) is 19.0. The van der Waals surface area contributed by atoms with Crippen LogP contribution in [0.3, 0.4) is 0 Å². The van der Waals surface area contributed by atoms with Gasteiger partial charge in [0, 0.05) is 31.7 Å². The lowest BCUT2D eigenvalue weighted by atomic mass is 9.93. The van der Waals surface area contributed by atoms with Crippen LogP contribution in [0, 0.1) is 5.82 Å². The second kappa shape index (κ2) is 18.4. The highest BCUT2D eigenvalue weighted by molar-refractivity contribution is 5.94. The van der Waals surface area contributed by atoms with Crippen LogP contribution in [0.4, 0.5) is 4.39 Å². The van der Waals surface area contributed by atoms with Crippen LogP contribution in [0.2, 0.25) is 0 Å². The molecule has 6 nitrogen and oxygen atoms in total. The molecule has 7 heteroatoms. The zero-order valence-electron chi connectivity index (χ0n) is 23.4. The molecule has 1 atom stereocenters.